The molecule has 158 valence electrons. The van der Waals surface area contributed by atoms with Crippen LogP contribution in [0.5, 0.6) is 0 Å². The first kappa shape index (κ1) is 20.5. The molecule has 1 fully saturated rings. The predicted molar refractivity (Wildman–Crippen MR) is 124 cm³/mol. The van der Waals surface area contributed by atoms with Gasteiger partial charge in [0.25, 0.3) is 0 Å². The van der Waals surface area contributed by atoms with Crippen molar-refractivity contribution >= 4 is 28.1 Å². The van der Waals surface area contributed by atoms with Gasteiger partial charge in [-0.15, -0.1) is 0 Å². The minimum absolute atomic E-state index is 0.411. The molecule has 0 spiro atoms. The highest BCUT2D eigenvalue weighted by Gasteiger charge is 2.23. The molecule has 1 aliphatic heterocycles. The van der Waals surface area contributed by atoms with Crippen molar-refractivity contribution < 1.29 is 0 Å². The summed E-state index contributed by atoms with van der Waals surface area (Å²) in [6, 6.07) is 13.6. The number of H-pyrrole nitrogens is 1. The fourth-order valence-electron chi connectivity index (χ4n) is 3.71. The van der Waals surface area contributed by atoms with Crippen LogP contribution in [-0.4, -0.2) is 64.3 Å². The van der Waals surface area contributed by atoms with E-state index >= 15 is 0 Å². The number of nitrogens with two attached hydrogens (primary N) is 2. The normalized spacial score (nSPS) is 16.6. The Kier molecular flexibility index (Phi) is 6.13. The molecule has 5 N–H and O–H groups in total. The number of nitrogens with zero attached hydrogens (tertiary/aromatic N) is 4. The summed E-state index contributed by atoms with van der Waals surface area (Å²) in [4.78, 5) is 7.99. The first-order valence-corrected chi connectivity index (χ1v) is 10.5. The summed E-state index contributed by atoms with van der Waals surface area (Å²) in [5.74, 6) is 0.526. The number of hydrogen-bond acceptors (Lipinski definition) is 5. The quantitative estimate of drug-likeness (QED) is 0.564. The van der Waals surface area contributed by atoms with Crippen molar-refractivity contribution in [3.63, 3.8) is 0 Å². The number of piperazine rings is 1. The lowest BCUT2D eigenvalue weighted by Gasteiger charge is -2.32. The third kappa shape index (κ3) is 4.23. The van der Waals surface area contributed by atoms with Gasteiger partial charge in [0.05, 0.1) is 28.5 Å². The number of benzene rings is 1. The number of likely N-dealkylation sites (N-methyl/N-ethyl adjacent to an activating group) is 1. The highest BCUT2D eigenvalue weighted by molar-refractivity contribution is 6.53. The SMILES string of the molecule is CN1CCN(CCn2nc(-c3ccc[nH]3)c(/C(Cl)=C(\N)c3ccccc3)c2N)CC1. The van der Waals surface area contributed by atoms with E-state index in [1.165, 1.54) is 0 Å². The molecule has 3 aromatic rings. The Morgan fingerprint density at radius 1 is 1.07 bits per heavy atom. The Bertz CT molecular complexity index is 1000. The molecule has 7 nitrogen and oxygen atoms in total. The highest BCUT2D eigenvalue weighted by Crippen LogP contribution is 2.37. The molecule has 0 amide bonds. The zero-order valence-corrected chi connectivity index (χ0v) is 17.9. The molecule has 0 bridgehead atoms. The first-order chi connectivity index (χ1) is 14.5. The van der Waals surface area contributed by atoms with E-state index in [0.717, 1.165) is 44.0 Å². The Morgan fingerprint density at radius 2 is 1.80 bits per heavy atom. The van der Waals surface area contributed by atoms with E-state index in [1.54, 1.807) is 0 Å². The van der Waals surface area contributed by atoms with Crippen LogP contribution < -0.4 is 11.5 Å². The van der Waals surface area contributed by atoms with Gasteiger partial charge < -0.3 is 21.4 Å². The van der Waals surface area contributed by atoms with Gasteiger partial charge in [-0.2, -0.15) is 5.10 Å². The van der Waals surface area contributed by atoms with Crippen LogP contribution in [0.2, 0.25) is 0 Å². The van der Waals surface area contributed by atoms with Gasteiger partial charge in [-0.05, 0) is 24.7 Å². The topological polar surface area (TPSA) is 92.1 Å². The van der Waals surface area contributed by atoms with Crippen LogP contribution in [0.15, 0.2) is 48.7 Å². The Hall–Kier alpha value is -2.74. The van der Waals surface area contributed by atoms with Crippen molar-refractivity contribution in [3.05, 3.63) is 59.8 Å². The summed E-state index contributed by atoms with van der Waals surface area (Å²) in [5, 5.41) is 5.21. The Labute approximate surface area is 181 Å². The van der Waals surface area contributed by atoms with Crippen LogP contribution in [0.25, 0.3) is 22.1 Å². The minimum Gasteiger partial charge on any atom is -0.397 e. The molecule has 0 aliphatic carbocycles. The van der Waals surface area contributed by atoms with Crippen LogP contribution in [-0.2, 0) is 6.54 Å². The minimum atomic E-state index is 0.411. The van der Waals surface area contributed by atoms with Crippen molar-refractivity contribution in [1.82, 2.24) is 24.6 Å². The van der Waals surface area contributed by atoms with Gasteiger partial charge in [-0.3, -0.25) is 4.90 Å². The number of nitrogen functional groups attached to an aromatic ring is 1. The zero-order chi connectivity index (χ0) is 21.1. The number of halogens is 1. The maximum Gasteiger partial charge on any atom is 0.131 e. The van der Waals surface area contributed by atoms with E-state index in [4.69, 9.17) is 28.2 Å². The number of aromatic nitrogens is 3. The van der Waals surface area contributed by atoms with Crippen LogP contribution in [0, 0.1) is 0 Å². The second-order valence-corrected chi connectivity index (χ2v) is 8.03. The molecular formula is C22H28ClN7. The molecule has 4 rings (SSSR count). The van der Waals surface area contributed by atoms with Gasteiger partial charge in [0.1, 0.15) is 11.5 Å². The van der Waals surface area contributed by atoms with E-state index in [9.17, 15) is 0 Å². The summed E-state index contributed by atoms with van der Waals surface area (Å²) < 4.78 is 1.84. The number of aromatic amines is 1. The largest absolute Gasteiger partial charge is 0.397 e. The van der Waals surface area contributed by atoms with Crippen molar-refractivity contribution in [3.8, 4) is 11.4 Å². The molecule has 2 aromatic heterocycles. The lowest BCUT2D eigenvalue weighted by molar-refractivity contribution is 0.149. The monoisotopic (exact) mass is 425 g/mol. The maximum atomic E-state index is 6.79. The average molecular weight is 426 g/mol. The molecule has 0 unspecified atom stereocenters. The maximum absolute atomic E-state index is 6.79. The lowest BCUT2D eigenvalue weighted by Crippen LogP contribution is -2.45. The lowest BCUT2D eigenvalue weighted by atomic mass is 10.1. The molecule has 0 atom stereocenters. The molecule has 1 aromatic carbocycles. The summed E-state index contributed by atoms with van der Waals surface area (Å²) in [6.07, 6.45) is 1.86. The average Bonchev–Trinajstić information content (AvgIpc) is 3.41. The van der Waals surface area contributed by atoms with Crippen molar-refractivity contribution in [2.75, 3.05) is 45.5 Å². The van der Waals surface area contributed by atoms with Gasteiger partial charge in [0, 0.05) is 38.9 Å². The summed E-state index contributed by atoms with van der Waals surface area (Å²) in [5.41, 5.74) is 16.5. The van der Waals surface area contributed by atoms with Crippen LogP contribution >= 0.6 is 11.6 Å². The van der Waals surface area contributed by atoms with Gasteiger partial charge in [0.2, 0.25) is 0 Å². The van der Waals surface area contributed by atoms with Crippen LogP contribution in [0.3, 0.4) is 0 Å². The fourth-order valence-corrected chi connectivity index (χ4v) is 4.01. The molecule has 0 radical (unpaired) electrons. The van der Waals surface area contributed by atoms with Crippen molar-refractivity contribution in [1.29, 1.82) is 0 Å². The summed E-state index contributed by atoms with van der Waals surface area (Å²) in [6.45, 7) is 5.84. The number of nitrogens with one attached hydrogen (secondary N) is 1. The van der Waals surface area contributed by atoms with Crippen molar-refractivity contribution in [2.45, 2.75) is 6.54 Å². The van der Waals surface area contributed by atoms with Gasteiger partial charge in [-0.1, -0.05) is 41.9 Å². The highest BCUT2D eigenvalue weighted by atomic mass is 35.5. The molecule has 8 heteroatoms. The van der Waals surface area contributed by atoms with E-state index in [1.807, 2.05) is 53.3 Å². The molecule has 3 heterocycles. The molecule has 1 saturated heterocycles. The molecule has 30 heavy (non-hydrogen) atoms. The van der Waals surface area contributed by atoms with E-state index < -0.39 is 0 Å². The first-order valence-electron chi connectivity index (χ1n) is 10.2. The number of rotatable bonds is 6. The number of anilines is 1. The van der Waals surface area contributed by atoms with Gasteiger partial charge >= 0.3 is 0 Å². The van der Waals surface area contributed by atoms with E-state index in [0.29, 0.717) is 34.3 Å². The molecular weight excluding hydrogens is 398 g/mol. The molecule has 0 saturated carbocycles. The summed E-state index contributed by atoms with van der Waals surface area (Å²) in [7, 11) is 2.16. The van der Waals surface area contributed by atoms with Gasteiger partial charge in [0.15, 0.2) is 0 Å². The second kappa shape index (κ2) is 8.95. The van der Waals surface area contributed by atoms with Crippen LogP contribution in [0.1, 0.15) is 11.1 Å². The Morgan fingerprint density at radius 3 is 2.47 bits per heavy atom. The van der Waals surface area contributed by atoms with Crippen LogP contribution in [0.4, 0.5) is 5.82 Å². The second-order valence-electron chi connectivity index (χ2n) is 7.65. The smallest absolute Gasteiger partial charge is 0.131 e. The third-order valence-electron chi connectivity index (χ3n) is 5.61. The summed E-state index contributed by atoms with van der Waals surface area (Å²) >= 11 is 6.79. The third-order valence-corrected chi connectivity index (χ3v) is 6.00. The van der Waals surface area contributed by atoms with E-state index in [-0.39, 0.29) is 0 Å². The molecule has 1 aliphatic rings. The number of hydrogen-bond donors (Lipinski definition) is 3. The standard InChI is InChI=1S/C22H28ClN7/c1-28-10-12-29(13-11-28)14-15-30-22(25)18(21(27-30)17-8-5-9-26-17)19(23)20(24)16-6-3-2-4-7-16/h2-9,26H,10-15,24-25H2,1H3/b20-19+. The van der Waals surface area contributed by atoms with E-state index in [2.05, 4.69) is 21.8 Å². The fraction of sp³-hybridized carbons (Fsp3) is 0.318. The Balaban J connectivity index is 1.67. The van der Waals surface area contributed by atoms with Crippen molar-refractivity contribution in [2.24, 2.45) is 5.73 Å². The predicted octanol–water partition coefficient (Wildman–Crippen LogP) is 2.73. The van der Waals surface area contributed by atoms with Gasteiger partial charge in [-0.25, -0.2) is 4.68 Å². The zero-order valence-electron chi connectivity index (χ0n) is 17.2.